The molecule has 1 aromatic rings. The predicted molar refractivity (Wildman–Crippen MR) is 82.0 cm³/mol. The van der Waals surface area contributed by atoms with Crippen LogP contribution in [-0.4, -0.2) is 0 Å². The number of hydrogen-bond donors (Lipinski definition) is 1. The van der Waals surface area contributed by atoms with Crippen LogP contribution >= 0.6 is 11.8 Å². The van der Waals surface area contributed by atoms with Crippen molar-refractivity contribution in [3.05, 3.63) is 46.0 Å². The van der Waals surface area contributed by atoms with Gasteiger partial charge >= 0.3 is 0 Å². The first-order valence-electron chi connectivity index (χ1n) is 6.59. The molecule has 2 rings (SSSR count). The summed E-state index contributed by atoms with van der Waals surface area (Å²) >= 11 is 1.89. The van der Waals surface area contributed by atoms with Crippen molar-refractivity contribution in [2.75, 3.05) is 5.32 Å². The molecule has 0 radical (unpaired) electrons. The van der Waals surface area contributed by atoms with E-state index in [0.717, 1.165) is 12.8 Å². The summed E-state index contributed by atoms with van der Waals surface area (Å²) in [6.07, 6.45) is 4.48. The molecule has 1 nitrogen and oxygen atoms in total. The number of anilines is 1. The summed E-state index contributed by atoms with van der Waals surface area (Å²) in [6.45, 7) is 8.76. The predicted octanol–water partition coefficient (Wildman–Crippen LogP) is 5.49. The number of aryl methyl sites for hydroxylation is 1. The summed E-state index contributed by atoms with van der Waals surface area (Å²) < 4.78 is 0. The van der Waals surface area contributed by atoms with E-state index in [1.165, 1.54) is 32.3 Å². The van der Waals surface area contributed by atoms with E-state index in [9.17, 15) is 0 Å². The number of fused-ring (bicyclic) bond motifs is 1. The molecule has 96 valence electrons. The summed E-state index contributed by atoms with van der Waals surface area (Å²) in [5.74, 6) is 0. The van der Waals surface area contributed by atoms with Gasteiger partial charge in [0.2, 0.25) is 0 Å². The molecule has 0 fully saturated rings. The lowest BCUT2D eigenvalue weighted by Gasteiger charge is -2.23. The van der Waals surface area contributed by atoms with E-state index in [-0.39, 0.29) is 0 Å². The van der Waals surface area contributed by atoms with E-state index in [1.54, 1.807) is 0 Å². The molecule has 1 aliphatic rings. The fourth-order valence-electron chi connectivity index (χ4n) is 1.93. The normalized spacial score (nSPS) is 15.4. The Morgan fingerprint density at radius 2 is 2.11 bits per heavy atom. The molecule has 0 bridgehead atoms. The highest BCUT2D eigenvalue weighted by molar-refractivity contribution is 8.03. The van der Waals surface area contributed by atoms with E-state index in [1.807, 2.05) is 11.8 Å². The maximum Gasteiger partial charge on any atom is 0.0524 e. The molecular formula is C16H21NS. The van der Waals surface area contributed by atoms with E-state index < -0.39 is 0 Å². The maximum atomic E-state index is 3.57. The summed E-state index contributed by atoms with van der Waals surface area (Å²) in [4.78, 5) is 2.71. The third-order valence-corrected chi connectivity index (χ3v) is 4.37. The van der Waals surface area contributed by atoms with Gasteiger partial charge in [-0.05, 0) is 50.5 Å². The summed E-state index contributed by atoms with van der Waals surface area (Å²) in [5, 5.41) is 3.57. The summed E-state index contributed by atoms with van der Waals surface area (Å²) in [6, 6.07) is 6.60. The third-order valence-electron chi connectivity index (χ3n) is 3.23. The fraction of sp³-hybridized carbons (Fsp3) is 0.375. The van der Waals surface area contributed by atoms with Gasteiger partial charge in [0.25, 0.3) is 0 Å². The van der Waals surface area contributed by atoms with Crippen LogP contribution in [0.2, 0.25) is 0 Å². The van der Waals surface area contributed by atoms with Gasteiger partial charge in [-0.3, -0.25) is 0 Å². The molecular weight excluding hydrogens is 238 g/mol. The summed E-state index contributed by atoms with van der Waals surface area (Å²) in [5.41, 5.74) is 5.33. The van der Waals surface area contributed by atoms with Gasteiger partial charge < -0.3 is 5.32 Å². The molecule has 1 N–H and O–H groups in total. The lowest BCUT2D eigenvalue weighted by Crippen LogP contribution is -2.06. The molecule has 0 saturated carbocycles. The molecule has 1 aromatic carbocycles. The minimum absolute atomic E-state index is 1.04. The van der Waals surface area contributed by atoms with Gasteiger partial charge in [-0.2, -0.15) is 0 Å². The lowest BCUT2D eigenvalue weighted by atomic mass is 10.1. The van der Waals surface area contributed by atoms with Crippen molar-refractivity contribution in [1.29, 1.82) is 0 Å². The Balaban J connectivity index is 2.37. The minimum Gasteiger partial charge on any atom is -0.357 e. The Morgan fingerprint density at radius 3 is 2.78 bits per heavy atom. The van der Waals surface area contributed by atoms with E-state index in [2.05, 4.69) is 57.3 Å². The van der Waals surface area contributed by atoms with Crippen LogP contribution in [0.5, 0.6) is 0 Å². The zero-order valence-electron chi connectivity index (χ0n) is 11.6. The molecule has 0 aromatic heterocycles. The number of rotatable bonds is 3. The van der Waals surface area contributed by atoms with Crippen LogP contribution in [0.1, 0.15) is 39.2 Å². The Bertz CT molecular complexity index is 512. The number of nitrogens with one attached hydrogen (secondary N) is 1. The standard InChI is InChI=1S/C16H21NS/c1-5-11(3)9-15-13(6-2)17-14-8-7-12(4)10-16(14)18-15/h7-10,17H,5-6H2,1-4H3/b11-9-. The number of hydrogen-bond acceptors (Lipinski definition) is 2. The molecule has 2 heteroatoms. The van der Waals surface area contributed by atoms with Gasteiger partial charge in [0.05, 0.1) is 5.69 Å². The van der Waals surface area contributed by atoms with Crippen molar-refractivity contribution < 1.29 is 0 Å². The smallest absolute Gasteiger partial charge is 0.0524 e. The first-order chi connectivity index (χ1) is 8.63. The minimum atomic E-state index is 1.04. The maximum absolute atomic E-state index is 3.57. The fourth-order valence-corrected chi connectivity index (χ4v) is 3.22. The van der Waals surface area contributed by atoms with Gasteiger partial charge in [-0.25, -0.2) is 0 Å². The summed E-state index contributed by atoms with van der Waals surface area (Å²) in [7, 11) is 0. The second-order valence-corrected chi connectivity index (χ2v) is 5.85. The molecule has 18 heavy (non-hydrogen) atoms. The second kappa shape index (κ2) is 5.66. The Kier molecular flexibility index (Phi) is 4.18. The van der Waals surface area contributed by atoms with E-state index in [0.29, 0.717) is 0 Å². The van der Waals surface area contributed by atoms with Crippen LogP contribution in [-0.2, 0) is 0 Å². The van der Waals surface area contributed by atoms with Crippen LogP contribution in [0.4, 0.5) is 5.69 Å². The van der Waals surface area contributed by atoms with Crippen LogP contribution < -0.4 is 5.32 Å². The molecule has 1 aliphatic heterocycles. The van der Waals surface area contributed by atoms with Crippen LogP contribution in [0.3, 0.4) is 0 Å². The topological polar surface area (TPSA) is 12.0 Å². The zero-order chi connectivity index (χ0) is 13.1. The van der Waals surface area contributed by atoms with Crippen LogP contribution in [0, 0.1) is 6.92 Å². The monoisotopic (exact) mass is 259 g/mol. The van der Waals surface area contributed by atoms with Crippen molar-refractivity contribution in [1.82, 2.24) is 0 Å². The average Bonchev–Trinajstić information content (AvgIpc) is 2.37. The van der Waals surface area contributed by atoms with Crippen molar-refractivity contribution in [3.8, 4) is 0 Å². The van der Waals surface area contributed by atoms with Gasteiger partial charge in [-0.1, -0.05) is 37.2 Å². The number of allylic oxidation sites excluding steroid dienone is 3. The Morgan fingerprint density at radius 1 is 1.33 bits per heavy atom. The van der Waals surface area contributed by atoms with Gasteiger partial charge in [0.15, 0.2) is 0 Å². The second-order valence-electron chi connectivity index (χ2n) is 4.77. The van der Waals surface area contributed by atoms with Crippen molar-refractivity contribution in [2.24, 2.45) is 0 Å². The van der Waals surface area contributed by atoms with Crippen molar-refractivity contribution >= 4 is 17.4 Å². The largest absolute Gasteiger partial charge is 0.357 e. The molecule has 0 spiro atoms. The van der Waals surface area contributed by atoms with Crippen LogP contribution in [0.15, 0.2) is 45.3 Å². The quantitative estimate of drug-likeness (QED) is 0.770. The van der Waals surface area contributed by atoms with Gasteiger partial charge in [0.1, 0.15) is 0 Å². The Labute approximate surface area is 114 Å². The van der Waals surface area contributed by atoms with Crippen molar-refractivity contribution in [2.45, 2.75) is 45.4 Å². The molecule has 1 heterocycles. The molecule has 0 atom stereocenters. The molecule has 0 saturated heterocycles. The van der Waals surface area contributed by atoms with Crippen molar-refractivity contribution in [3.63, 3.8) is 0 Å². The highest BCUT2D eigenvalue weighted by Crippen LogP contribution is 2.41. The van der Waals surface area contributed by atoms with Gasteiger partial charge in [-0.15, -0.1) is 0 Å². The van der Waals surface area contributed by atoms with E-state index >= 15 is 0 Å². The zero-order valence-corrected chi connectivity index (χ0v) is 12.4. The highest BCUT2D eigenvalue weighted by atomic mass is 32.2. The number of thioether (sulfide) groups is 1. The Hall–Kier alpha value is -1.15. The first kappa shape index (κ1) is 13.3. The first-order valence-corrected chi connectivity index (χ1v) is 7.41. The molecule has 0 aliphatic carbocycles. The van der Waals surface area contributed by atoms with Crippen LogP contribution in [0.25, 0.3) is 0 Å². The lowest BCUT2D eigenvalue weighted by molar-refractivity contribution is 1.07. The SMILES string of the molecule is CCC1=C(/C=C(/C)CC)Sc2cc(C)ccc2N1. The van der Waals surface area contributed by atoms with E-state index in [4.69, 9.17) is 0 Å². The highest BCUT2D eigenvalue weighted by Gasteiger charge is 2.16. The van der Waals surface area contributed by atoms with Gasteiger partial charge in [0, 0.05) is 15.5 Å². The number of benzene rings is 1. The third kappa shape index (κ3) is 2.81. The average molecular weight is 259 g/mol. The molecule has 0 unspecified atom stereocenters. The molecule has 0 amide bonds.